The smallest absolute Gasteiger partial charge is 0.168 e. The number of rotatable bonds is 0. The van der Waals surface area contributed by atoms with Gasteiger partial charge in [-0.3, -0.25) is 9.78 Å². The number of hydrogen-bond donors (Lipinski definition) is 0. The average Bonchev–Trinajstić information content (AvgIpc) is 2.46. The van der Waals surface area contributed by atoms with Crippen LogP contribution in [0.4, 0.5) is 0 Å². The molecule has 2 aromatic heterocycles. The number of carbonyl (C=O) groups is 1. The molecule has 0 atom stereocenters. The Hall–Kier alpha value is -2.55. The number of pyridine rings is 2. The number of carbonyl (C=O) groups excluding carboxylic acids is 1. The Morgan fingerprint density at radius 3 is 3.05 bits per heavy atom. The lowest BCUT2D eigenvalue weighted by Crippen LogP contribution is -2.06. The van der Waals surface area contributed by atoms with Gasteiger partial charge in [0.2, 0.25) is 0 Å². The monoisotopic (exact) mass is 246 g/mol. The van der Waals surface area contributed by atoms with Crippen LogP contribution in [-0.2, 0) is 0 Å². The normalized spacial score (nSPS) is 14.0. The van der Waals surface area contributed by atoms with Crippen molar-refractivity contribution in [2.75, 3.05) is 0 Å². The van der Waals surface area contributed by atoms with Gasteiger partial charge in [0.1, 0.15) is 0 Å². The highest BCUT2D eigenvalue weighted by Crippen LogP contribution is 2.27. The van der Waals surface area contributed by atoms with E-state index in [0.717, 1.165) is 33.1 Å². The first-order chi connectivity index (χ1) is 9.33. The van der Waals surface area contributed by atoms with E-state index in [2.05, 4.69) is 9.97 Å². The number of fused-ring (bicyclic) bond motifs is 4. The van der Waals surface area contributed by atoms with E-state index in [1.54, 1.807) is 6.20 Å². The lowest BCUT2D eigenvalue weighted by Gasteiger charge is -2.11. The molecule has 3 nitrogen and oxygen atoms in total. The van der Waals surface area contributed by atoms with Crippen LogP contribution in [0, 0.1) is 0 Å². The van der Waals surface area contributed by atoms with Gasteiger partial charge >= 0.3 is 0 Å². The second kappa shape index (κ2) is 3.72. The van der Waals surface area contributed by atoms with Crippen LogP contribution in [0.1, 0.15) is 22.5 Å². The summed E-state index contributed by atoms with van der Waals surface area (Å²) >= 11 is 0. The molecular formula is C16H10N2O. The van der Waals surface area contributed by atoms with Gasteiger partial charge in [0.05, 0.1) is 16.7 Å². The summed E-state index contributed by atoms with van der Waals surface area (Å²) in [5.41, 5.74) is 3.32. The van der Waals surface area contributed by atoms with Crippen LogP contribution in [-0.4, -0.2) is 15.8 Å². The molecule has 3 heteroatoms. The Balaban J connectivity index is 2.17. The average molecular weight is 246 g/mol. The quantitative estimate of drug-likeness (QED) is 0.571. The second-order valence-corrected chi connectivity index (χ2v) is 4.66. The van der Waals surface area contributed by atoms with Crippen molar-refractivity contribution in [3.05, 3.63) is 53.9 Å². The molecular weight excluding hydrogens is 236 g/mol. The summed E-state index contributed by atoms with van der Waals surface area (Å²) in [6.45, 7) is 0. The first-order valence-corrected chi connectivity index (χ1v) is 6.21. The third kappa shape index (κ3) is 1.48. The number of benzene rings is 1. The Bertz CT molecular complexity index is 865. The first kappa shape index (κ1) is 10.4. The molecule has 19 heavy (non-hydrogen) atoms. The van der Waals surface area contributed by atoms with Crippen LogP contribution in [0.25, 0.3) is 27.9 Å². The molecule has 1 aromatic carbocycles. The number of aromatic nitrogens is 2. The van der Waals surface area contributed by atoms with Crippen molar-refractivity contribution >= 4 is 33.7 Å². The molecule has 0 amide bonds. The molecule has 0 unspecified atom stereocenters. The Labute approximate surface area is 109 Å². The Morgan fingerprint density at radius 2 is 2.11 bits per heavy atom. The lowest BCUT2D eigenvalue weighted by atomic mass is 9.98. The molecule has 0 aliphatic heterocycles. The minimum absolute atomic E-state index is 0.137. The Morgan fingerprint density at radius 1 is 1.16 bits per heavy atom. The molecule has 0 saturated heterocycles. The van der Waals surface area contributed by atoms with E-state index in [4.69, 9.17) is 0 Å². The number of ketones is 1. The highest BCUT2D eigenvalue weighted by atomic mass is 16.1. The van der Waals surface area contributed by atoms with Crippen LogP contribution in [0.2, 0.25) is 0 Å². The maximum Gasteiger partial charge on any atom is 0.168 e. The fourth-order valence-electron chi connectivity index (χ4n) is 2.54. The minimum atomic E-state index is 0.137. The molecule has 1 aliphatic carbocycles. The second-order valence-electron chi connectivity index (χ2n) is 4.66. The van der Waals surface area contributed by atoms with E-state index in [-0.39, 0.29) is 5.78 Å². The predicted molar refractivity (Wildman–Crippen MR) is 75.0 cm³/mol. The lowest BCUT2D eigenvalue weighted by molar-refractivity contribution is 0.0994. The summed E-state index contributed by atoms with van der Waals surface area (Å²) in [7, 11) is 0. The molecule has 4 rings (SSSR count). The zero-order valence-electron chi connectivity index (χ0n) is 10.1. The number of hydrogen-bond acceptors (Lipinski definition) is 3. The van der Waals surface area contributed by atoms with Gasteiger partial charge in [0.25, 0.3) is 0 Å². The van der Waals surface area contributed by atoms with Crippen molar-refractivity contribution in [2.45, 2.75) is 6.42 Å². The first-order valence-electron chi connectivity index (χ1n) is 6.21. The van der Waals surface area contributed by atoms with Crippen LogP contribution in [0.15, 0.2) is 42.6 Å². The van der Waals surface area contributed by atoms with Crippen LogP contribution >= 0.6 is 0 Å². The summed E-state index contributed by atoms with van der Waals surface area (Å²) < 4.78 is 0. The van der Waals surface area contributed by atoms with Gasteiger partial charge in [-0.15, -0.1) is 0 Å². The van der Waals surface area contributed by atoms with Crippen LogP contribution < -0.4 is 0 Å². The van der Waals surface area contributed by atoms with Gasteiger partial charge in [-0.1, -0.05) is 12.1 Å². The molecule has 1 aliphatic rings. The minimum Gasteiger partial charge on any atom is -0.294 e. The van der Waals surface area contributed by atoms with Crippen molar-refractivity contribution in [1.29, 1.82) is 0 Å². The largest absolute Gasteiger partial charge is 0.294 e. The van der Waals surface area contributed by atoms with Gasteiger partial charge in [0, 0.05) is 29.0 Å². The maximum absolute atomic E-state index is 11.9. The predicted octanol–water partition coefficient (Wildman–Crippen LogP) is 3.38. The van der Waals surface area contributed by atoms with E-state index in [1.165, 1.54) is 0 Å². The van der Waals surface area contributed by atoms with Gasteiger partial charge in [-0.25, -0.2) is 4.98 Å². The topological polar surface area (TPSA) is 42.9 Å². The van der Waals surface area contributed by atoms with Gasteiger partial charge in [-0.2, -0.15) is 0 Å². The maximum atomic E-state index is 11.9. The highest BCUT2D eigenvalue weighted by Gasteiger charge is 2.16. The highest BCUT2D eigenvalue weighted by molar-refractivity contribution is 6.09. The molecule has 90 valence electrons. The van der Waals surface area contributed by atoms with Crippen molar-refractivity contribution < 1.29 is 4.79 Å². The van der Waals surface area contributed by atoms with E-state index >= 15 is 0 Å². The molecule has 0 bridgehead atoms. The van der Waals surface area contributed by atoms with Crippen molar-refractivity contribution in [2.24, 2.45) is 0 Å². The van der Waals surface area contributed by atoms with Gasteiger partial charge in [-0.05, 0) is 30.3 Å². The van der Waals surface area contributed by atoms with Crippen molar-refractivity contribution in [3.63, 3.8) is 0 Å². The number of allylic oxidation sites excluding steroid dienone is 1. The summed E-state index contributed by atoms with van der Waals surface area (Å²) in [6.07, 6.45) is 6.03. The van der Waals surface area contributed by atoms with E-state index in [9.17, 15) is 4.79 Å². The van der Waals surface area contributed by atoms with Gasteiger partial charge < -0.3 is 0 Å². The fraction of sp³-hybridized carbons (Fsp3) is 0.0625. The molecule has 0 fully saturated rings. The third-order valence-electron chi connectivity index (χ3n) is 3.48. The summed E-state index contributed by atoms with van der Waals surface area (Å²) in [5, 5.41) is 2.01. The molecule has 2 heterocycles. The summed E-state index contributed by atoms with van der Waals surface area (Å²) in [6, 6.07) is 9.80. The van der Waals surface area contributed by atoms with E-state index in [1.807, 2.05) is 42.5 Å². The summed E-state index contributed by atoms with van der Waals surface area (Å²) in [5.74, 6) is 0.137. The molecule has 3 aromatic rings. The number of Topliss-reactive ketones (excluding diaryl/α,β-unsaturated/α-hetero) is 1. The zero-order valence-corrected chi connectivity index (χ0v) is 10.1. The fourth-order valence-corrected chi connectivity index (χ4v) is 2.54. The van der Waals surface area contributed by atoms with E-state index < -0.39 is 0 Å². The molecule has 0 N–H and O–H groups in total. The number of nitrogens with zero attached hydrogens (tertiary/aromatic N) is 2. The third-order valence-corrected chi connectivity index (χ3v) is 3.48. The molecule has 0 radical (unpaired) electrons. The van der Waals surface area contributed by atoms with Crippen molar-refractivity contribution in [3.8, 4) is 0 Å². The summed E-state index contributed by atoms with van der Waals surface area (Å²) in [4.78, 5) is 20.9. The molecule has 0 saturated carbocycles. The zero-order chi connectivity index (χ0) is 12.8. The van der Waals surface area contributed by atoms with E-state index in [0.29, 0.717) is 6.42 Å². The van der Waals surface area contributed by atoms with Crippen molar-refractivity contribution in [1.82, 2.24) is 9.97 Å². The van der Waals surface area contributed by atoms with Gasteiger partial charge in [0.15, 0.2) is 5.78 Å². The Kier molecular flexibility index (Phi) is 2.03. The van der Waals surface area contributed by atoms with Crippen LogP contribution in [0.5, 0.6) is 0 Å². The molecule has 0 spiro atoms. The standard InChI is InChI=1S/C16H10N2O/c19-15-5-1-4-14-12(15)9-10-6-7-13-11(16(10)18-14)3-2-8-17-13/h1-4,6-9H,5H2. The SMILES string of the molecule is O=C1CC=Cc2nc3c(ccc4ncccc43)cc21. The van der Waals surface area contributed by atoms with Crippen LogP contribution in [0.3, 0.4) is 0 Å².